The molecule has 1 fully saturated rings. The molecule has 15 nitrogen and oxygen atoms in total. The molecular formula is C40H46O15. The molecule has 2 atom stereocenters. The van der Waals surface area contributed by atoms with Gasteiger partial charge in [-0.3, -0.25) is 0 Å². The zero-order valence-electron chi connectivity index (χ0n) is 30.7. The maximum atomic E-state index is 10.6. The quantitative estimate of drug-likeness (QED) is 0.0628. The topological polar surface area (TPSA) is 225 Å². The Morgan fingerprint density at radius 3 is 1.47 bits per heavy atom. The number of aromatic hydroxyl groups is 1. The molecule has 0 amide bonds. The molecule has 296 valence electrons. The molecule has 2 unspecified atom stereocenters. The molecule has 5 N–H and O–H groups in total. The number of aromatic carboxylic acids is 4. The number of benzene rings is 4. The lowest BCUT2D eigenvalue weighted by Gasteiger charge is -2.23. The zero-order chi connectivity index (χ0) is 40.6. The highest BCUT2D eigenvalue weighted by Gasteiger charge is 2.15. The number of carboxylic acid groups (broad SMARTS) is 4. The second-order valence-corrected chi connectivity index (χ2v) is 11.2. The lowest BCUT2D eigenvalue weighted by molar-refractivity contribution is -0.105. The van der Waals surface area contributed by atoms with Crippen LogP contribution in [-0.2, 0) is 14.2 Å². The fourth-order valence-electron chi connectivity index (χ4n) is 4.26. The molecule has 0 spiro atoms. The second kappa shape index (κ2) is 25.0. The number of hydrogen-bond donors (Lipinski definition) is 5. The zero-order valence-corrected chi connectivity index (χ0v) is 30.7. The largest absolute Gasteiger partial charge is 0.508 e. The fraction of sp³-hybridized carbons (Fsp3) is 0.300. The van der Waals surface area contributed by atoms with Crippen LogP contribution in [0.3, 0.4) is 0 Å². The van der Waals surface area contributed by atoms with Crippen LogP contribution in [0.2, 0.25) is 0 Å². The lowest BCUT2D eigenvalue weighted by atomic mass is 10.2. The molecule has 1 heterocycles. The maximum Gasteiger partial charge on any atom is 0.335 e. The van der Waals surface area contributed by atoms with E-state index in [1.807, 2.05) is 13.8 Å². The first-order chi connectivity index (χ1) is 26.3. The molecule has 1 aliphatic rings. The van der Waals surface area contributed by atoms with Crippen molar-refractivity contribution in [3.05, 3.63) is 119 Å². The molecular weight excluding hydrogens is 720 g/mol. The standard InChI is InChI=1S/C12H14O4.C11H14O4.C10H12O4.C7H6O3/c13-12(14)9-4-6-10(7-5-9)16-11-3-1-2-8-15-11;1-3-14-8(2)15-10-6-4-9(5-7-10)11(12)13;1-2-13-7-14-9-5-3-8(4-6-9)10(11)12;8-6-3-1-5(2-4-6)7(9)10/h4-7,11H,1-3,8H2,(H,13,14);4-8H,3H2,1-2H3,(H,12,13);3-6H,2,7H2,1H3,(H,11,12);1-4,8H,(H,9,10). The molecule has 0 aliphatic carbocycles. The highest BCUT2D eigenvalue weighted by atomic mass is 16.7. The number of carbonyl (C=O) groups is 4. The van der Waals surface area contributed by atoms with E-state index in [-0.39, 0.29) is 47.4 Å². The van der Waals surface area contributed by atoms with Gasteiger partial charge in [-0.15, -0.1) is 0 Å². The molecule has 0 bridgehead atoms. The molecule has 1 aliphatic heterocycles. The van der Waals surface area contributed by atoms with Gasteiger partial charge in [-0.05, 0) is 131 Å². The highest BCUT2D eigenvalue weighted by Crippen LogP contribution is 2.20. The summed E-state index contributed by atoms with van der Waals surface area (Å²) in [7, 11) is 0. The van der Waals surface area contributed by atoms with E-state index in [2.05, 4.69) is 0 Å². The van der Waals surface area contributed by atoms with Crippen LogP contribution in [-0.4, -0.2) is 88.6 Å². The number of phenols is 1. The van der Waals surface area contributed by atoms with Gasteiger partial charge >= 0.3 is 23.9 Å². The summed E-state index contributed by atoms with van der Waals surface area (Å²) in [6, 6.07) is 24.1. The molecule has 0 radical (unpaired) electrons. The second-order valence-electron chi connectivity index (χ2n) is 11.2. The fourth-order valence-corrected chi connectivity index (χ4v) is 4.26. The van der Waals surface area contributed by atoms with E-state index in [1.54, 1.807) is 43.3 Å². The first-order valence-corrected chi connectivity index (χ1v) is 17.1. The Hall–Kier alpha value is -6.16. The number of carboxylic acids is 4. The summed E-state index contributed by atoms with van der Waals surface area (Å²) in [5.41, 5.74) is 0.926. The van der Waals surface area contributed by atoms with Crippen molar-refractivity contribution in [1.29, 1.82) is 0 Å². The van der Waals surface area contributed by atoms with E-state index in [0.717, 1.165) is 25.9 Å². The van der Waals surface area contributed by atoms with Crippen LogP contribution in [0, 0.1) is 0 Å². The minimum Gasteiger partial charge on any atom is -0.508 e. The molecule has 0 saturated carbocycles. The summed E-state index contributed by atoms with van der Waals surface area (Å²) in [5.74, 6) is -1.88. The van der Waals surface area contributed by atoms with Gasteiger partial charge in [0.1, 0.15) is 23.0 Å². The Morgan fingerprint density at radius 2 is 1.07 bits per heavy atom. The Kier molecular flexibility index (Phi) is 20.4. The number of ether oxygens (including phenoxy) is 6. The summed E-state index contributed by atoms with van der Waals surface area (Å²) in [6.07, 6.45) is 2.56. The first kappa shape index (κ1) is 45.0. The summed E-state index contributed by atoms with van der Waals surface area (Å²) in [6.45, 7) is 7.63. The smallest absolute Gasteiger partial charge is 0.335 e. The third kappa shape index (κ3) is 18.4. The van der Waals surface area contributed by atoms with Crippen LogP contribution in [0.4, 0.5) is 0 Å². The summed E-state index contributed by atoms with van der Waals surface area (Å²) in [4.78, 5) is 41.9. The third-order valence-electron chi connectivity index (χ3n) is 7.04. The van der Waals surface area contributed by atoms with E-state index in [1.165, 1.54) is 60.7 Å². The molecule has 1 saturated heterocycles. The minimum atomic E-state index is -0.986. The van der Waals surface area contributed by atoms with Gasteiger partial charge in [0.05, 0.1) is 28.9 Å². The van der Waals surface area contributed by atoms with E-state index in [4.69, 9.17) is 54.0 Å². The van der Waals surface area contributed by atoms with Crippen LogP contribution in [0.15, 0.2) is 97.1 Å². The summed E-state index contributed by atoms with van der Waals surface area (Å²) < 4.78 is 31.7. The Bertz CT molecular complexity index is 1720. The normalized spacial score (nSPS) is 13.4. The monoisotopic (exact) mass is 766 g/mol. The molecule has 4 aromatic carbocycles. The SMILES string of the molecule is CCOC(C)Oc1ccc(C(=O)O)cc1.CCOCOc1ccc(C(=O)O)cc1.O=C(O)c1ccc(O)cc1.O=C(O)c1ccc(OC2CCCCO2)cc1. The van der Waals surface area contributed by atoms with Gasteiger partial charge in [0.15, 0.2) is 19.4 Å². The Morgan fingerprint density at radius 1 is 0.636 bits per heavy atom. The number of rotatable bonds is 14. The van der Waals surface area contributed by atoms with E-state index in [9.17, 15) is 19.2 Å². The van der Waals surface area contributed by atoms with Crippen molar-refractivity contribution >= 4 is 23.9 Å². The summed E-state index contributed by atoms with van der Waals surface area (Å²) in [5, 5.41) is 43.2. The highest BCUT2D eigenvalue weighted by molar-refractivity contribution is 5.89. The van der Waals surface area contributed by atoms with Gasteiger partial charge in [-0.2, -0.15) is 0 Å². The average molecular weight is 767 g/mol. The van der Waals surface area contributed by atoms with Crippen molar-refractivity contribution in [2.45, 2.75) is 52.6 Å². The van der Waals surface area contributed by atoms with Gasteiger partial charge in [0, 0.05) is 19.6 Å². The van der Waals surface area contributed by atoms with Gasteiger partial charge in [-0.1, -0.05) is 0 Å². The maximum absolute atomic E-state index is 10.6. The molecule has 5 rings (SSSR count). The molecule has 15 heteroatoms. The van der Waals surface area contributed by atoms with Crippen molar-refractivity contribution < 1.29 is 73.1 Å². The third-order valence-corrected chi connectivity index (χ3v) is 7.04. The van der Waals surface area contributed by atoms with E-state index >= 15 is 0 Å². The average Bonchev–Trinajstić information content (AvgIpc) is 3.17. The predicted molar refractivity (Wildman–Crippen MR) is 198 cm³/mol. The number of hydrogen-bond acceptors (Lipinski definition) is 11. The van der Waals surface area contributed by atoms with Crippen LogP contribution >= 0.6 is 0 Å². The van der Waals surface area contributed by atoms with Crippen LogP contribution in [0.1, 0.15) is 81.5 Å². The van der Waals surface area contributed by atoms with Crippen molar-refractivity contribution in [2.24, 2.45) is 0 Å². The lowest BCUT2D eigenvalue weighted by Crippen LogP contribution is -2.24. The Balaban J connectivity index is 0.000000257. The van der Waals surface area contributed by atoms with Crippen molar-refractivity contribution in [3.63, 3.8) is 0 Å². The van der Waals surface area contributed by atoms with Crippen LogP contribution < -0.4 is 14.2 Å². The first-order valence-electron chi connectivity index (χ1n) is 17.1. The molecule has 0 aromatic heterocycles. The van der Waals surface area contributed by atoms with E-state index < -0.39 is 23.9 Å². The summed E-state index contributed by atoms with van der Waals surface area (Å²) >= 11 is 0. The van der Waals surface area contributed by atoms with Crippen molar-refractivity contribution in [3.8, 4) is 23.0 Å². The van der Waals surface area contributed by atoms with Crippen molar-refractivity contribution in [1.82, 2.24) is 0 Å². The van der Waals surface area contributed by atoms with E-state index in [0.29, 0.717) is 30.5 Å². The van der Waals surface area contributed by atoms with Crippen molar-refractivity contribution in [2.75, 3.05) is 26.6 Å². The Labute approximate surface area is 318 Å². The number of phenolic OH excluding ortho intramolecular Hbond substituents is 1. The van der Waals surface area contributed by atoms with Gasteiger partial charge in [0.25, 0.3) is 0 Å². The predicted octanol–water partition coefficient (Wildman–Crippen LogP) is 7.28. The van der Waals surface area contributed by atoms with Crippen LogP contribution in [0.5, 0.6) is 23.0 Å². The van der Waals surface area contributed by atoms with Gasteiger partial charge in [-0.25, -0.2) is 19.2 Å². The molecule has 4 aromatic rings. The van der Waals surface area contributed by atoms with Crippen LogP contribution in [0.25, 0.3) is 0 Å². The van der Waals surface area contributed by atoms with Gasteiger partial charge < -0.3 is 54.0 Å². The minimum absolute atomic E-state index is 0.0741. The molecule has 55 heavy (non-hydrogen) atoms. The van der Waals surface area contributed by atoms with Gasteiger partial charge in [0.2, 0.25) is 0 Å².